The first-order valence-corrected chi connectivity index (χ1v) is 8.04. The van der Waals surface area contributed by atoms with Crippen molar-refractivity contribution in [3.05, 3.63) is 36.0 Å². The van der Waals surface area contributed by atoms with E-state index in [1.165, 1.54) is 0 Å². The van der Waals surface area contributed by atoms with Crippen LogP contribution < -0.4 is 0 Å². The van der Waals surface area contributed by atoms with Gasteiger partial charge in [0, 0.05) is 10.8 Å². The normalized spacial score (nSPS) is 46.4. The summed E-state index contributed by atoms with van der Waals surface area (Å²) < 4.78 is 0. The second-order valence-electron chi connectivity index (χ2n) is 7.82. The Hall–Kier alpha value is -1.15. The van der Waals surface area contributed by atoms with Crippen LogP contribution in [0.3, 0.4) is 0 Å². The van der Waals surface area contributed by atoms with Gasteiger partial charge in [-0.05, 0) is 37.2 Å². The lowest BCUT2D eigenvalue weighted by Crippen LogP contribution is -2.58. The summed E-state index contributed by atoms with van der Waals surface area (Å²) in [6, 6.07) is 0. The van der Waals surface area contributed by atoms with Crippen LogP contribution in [0, 0.1) is 16.7 Å². The van der Waals surface area contributed by atoms with Crippen LogP contribution in [0.4, 0.5) is 0 Å². The largest absolute Gasteiger partial charge is 0.385 e. The highest BCUT2D eigenvalue weighted by molar-refractivity contribution is 5.65. The molecule has 3 aliphatic carbocycles. The molecule has 0 spiro atoms. The SMILES string of the molecule is C=C1C=C2[C@H](CC(=C)[C@@]3(C)CCCC[C@]23O)[C@](C)(C=O)C1. The Bertz CT molecular complexity index is 558. The average molecular weight is 286 g/mol. The maximum atomic E-state index is 11.8. The minimum atomic E-state index is -0.848. The molecule has 0 saturated heterocycles. The molecule has 2 saturated carbocycles. The van der Waals surface area contributed by atoms with Crippen LogP contribution in [0.1, 0.15) is 52.4 Å². The fourth-order valence-corrected chi connectivity index (χ4v) is 4.96. The highest BCUT2D eigenvalue weighted by Crippen LogP contribution is 2.63. The van der Waals surface area contributed by atoms with E-state index in [4.69, 9.17) is 0 Å². The maximum Gasteiger partial charge on any atom is 0.126 e. The molecule has 3 rings (SSSR count). The third-order valence-electron chi connectivity index (χ3n) is 6.49. The molecule has 0 unspecified atom stereocenters. The Morgan fingerprint density at radius 1 is 1.29 bits per heavy atom. The number of rotatable bonds is 1. The molecule has 0 aromatic rings. The van der Waals surface area contributed by atoms with Crippen molar-refractivity contribution in [2.24, 2.45) is 16.7 Å². The van der Waals surface area contributed by atoms with Gasteiger partial charge in [-0.1, -0.05) is 57.1 Å². The summed E-state index contributed by atoms with van der Waals surface area (Å²) in [6.07, 6.45) is 8.57. The van der Waals surface area contributed by atoms with E-state index < -0.39 is 11.0 Å². The molecule has 2 nitrogen and oxygen atoms in total. The van der Waals surface area contributed by atoms with Gasteiger partial charge in [-0.3, -0.25) is 0 Å². The third-order valence-corrected chi connectivity index (χ3v) is 6.49. The van der Waals surface area contributed by atoms with Crippen LogP contribution in [0.15, 0.2) is 36.0 Å². The summed E-state index contributed by atoms with van der Waals surface area (Å²) in [4.78, 5) is 11.8. The number of carbonyl (C=O) groups excluding carboxylic acids is 1. The Morgan fingerprint density at radius 3 is 2.62 bits per heavy atom. The van der Waals surface area contributed by atoms with E-state index in [0.717, 1.165) is 55.1 Å². The molecule has 1 N–H and O–H groups in total. The van der Waals surface area contributed by atoms with Gasteiger partial charge in [-0.2, -0.15) is 0 Å². The van der Waals surface area contributed by atoms with Gasteiger partial charge in [-0.25, -0.2) is 0 Å². The van der Waals surface area contributed by atoms with Crippen molar-refractivity contribution < 1.29 is 9.90 Å². The summed E-state index contributed by atoms with van der Waals surface area (Å²) in [7, 11) is 0. The zero-order valence-electron chi connectivity index (χ0n) is 13.2. The van der Waals surface area contributed by atoms with E-state index in [0.29, 0.717) is 6.42 Å². The van der Waals surface area contributed by atoms with Crippen LogP contribution in [0.25, 0.3) is 0 Å². The fraction of sp³-hybridized carbons (Fsp3) is 0.632. The van der Waals surface area contributed by atoms with Gasteiger partial charge in [0.2, 0.25) is 0 Å². The molecule has 0 radical (unpaired) electrons. The Morgan fingerprint density at radius 2 is 1.95 bits per heavy atom. The van der Waals surface area contributed by atoms with Gasteiger partial charge in [0.25, 0.3) is 0 Å². The highest BCUT2D eigenvalue weighted by atomic mass is 16.3. The Kier molecular flexibility index (Phi) is 3.11. The fourth-order valence-electron chi connectivity index (χ4n) is 4.96. The van der Waals surface area contributed by atoms with Crippen molar-refractivity contribution in [3.8, 4) is 0 Å². The van der Waals surface area contributed by atoms with Crippen molar-refractivity contribution >= 4 is 6.29 Å². The van der Waals surface area contributed by atoms with Gasteiger partial charge < -0.3 is 9.90 Å². The molecular formula is C19H26O2. The number of aliphatic hydroxyl groups is 1. The van der Waals surface area contributed by atoms with Gasteiger partial charge in [-0.15, -0.1) is 0 Å². The van der Waals surface area contributed by atoms with Gasteiger partial charge in [0.15, 0.2) is 0 Å². The highest BCUT2D eigenvalue weighted by Gasteiger charge is 2.60. The van der Waals surface area contributed by atoms with Crippen LogP contribution >= 0.6 is 0 Å². The number of fused-ring (bicyclic) bond motifs is 3. The molecule has 0 heterocycles. The second-order valence-corrected chi connectivity index (χ2v) is 7.82. The third kappa shape index (κ3) is 1.78. The van der Waals surface area contributed by atoms with Gasteiger partial charge in [0.05, 0.1) is 5.60 Å². The molecule has 0 amide bonds. The maximum absolute atomic E-state index is 11.8. The number of hydrogen-bond acceptors (Lipinski definition) is 2. The zero-order chi connectivity index (χ0) is 15.5. The smallest absolute Gasteiger partial charge is 0.126 e. The van der Waals surface area contributed by atoms with E-state index in [1.807, 2.05) is 6.92 Å². The minimum absolute atomic E-state index is 0.0733. The van der Waals surface area contributed by atoms with Crippen molar-refractivity contribution in [3.63, 3.8) is 0 Å². The summed E-state index contributed by atoms with van der Waals surface area (Å²) >= 11 is 0. The molecule has 2 heteroatoms. The van der Waals surface area contributed by atoms with Gasteiger partial charge in [0.1, 0.15) is 6.29 Å². The van der Waals surface area contributed by atoms with Crippen LogP contribution in [0.5, 0.6) is 0 Å². The molecule has 3 aliphatic rings. The predicted molar refractivity (Wildman–Crippen MR) is 84.8 cm³/mol. The van der Waals surface area contributed by atoms with Crippen molar-refractivity contribution in [2.45, 2.75) is 58.0 Å². The van der Waals surface area contributed by atoms with Crippen molar-refractivity contribution in [1.29, 1.82) is 0 Å². The predicted octanol–water partition coefficient (Wildman–Crippen LogP) is 3.97. The van der Waals surface area contributed by atoms with E-state index in [2.05, 4.69) is 26.2 Å². The van der Waals surface area contributed by atoms with Crippen molar-refractivity contribution in [2.75, 3.05) is 0 Å². The summed E-state index contributed by atoms with van der Waals surface area (Å²) in [5, 5.41) is 11.6. The molecule has 2 fully saturated rings. The molecule has 0 aromatic heterocycles. The second kappa shape index (κ2) is 4.42. The van der Waals surface area contributed by atoms with Crippen LogP contribution in [0.2, 0.25) is 0 Å². The minimum Gasteiger partial charge on any atom is -0.385 e. The molecule has 0 bridgehead atoms. The van der Waals surface area contributed by atoms with Gasteiger partial charge >= 0.3 is 0 Å². The lowest BCUT2D eigenvalue weighted by atomic mass is 9.47. The molecule has 4 atom stereocenters. The standard InChI is InChI=1S/C19H26O2/c1-13-9-16-15(17(3,11-13)12-20)10-14(2)18(4)7-5-6-8-19(16,18)21/h9,12,15,21H,1-2,5-8,10-11H2,3-4H3/t15-,17-,18+,19-/m0/s1. The van der Waals surface area contributed by atoms with E-state index in [1.54, 1.807) is 0 Å². The van der Waals surface area contributed by atoms with Crippen LogP contribution in [-0.4, -0.2) is 17.0 Å². The van der Waals surface area contributed by atoms with E-state index in [-0.39, 0.29) is 11.3 Å². The molecular weight excluding hydrogens is 260 g/mol. The monoisotopic (exact) mass is 286 g/mol. The van der Waals surface area contributed by atoms with Crippen molar-refractivity contribution in [1.82, 2.24) is 0 Å². The number of aldehydes is 1. The first-order chi connectivity index (χ1) is 9.77. The number of hydrogen-bond donors (Lipinski definition) is 1. The topological polar surface area (TPSA) is 37.3 Å². The number of carbonyl (C=O) groups is 1. The van der Waals surface area contributed by atoms with E-state index >= 15 is 0 Å². The first-order valence-electron chi connectivity index (χ1n) is 8.04. The summed E-state index contributed by atoms with van der Waals surface area (Å²) in [6.45, 7) is 12.5. The zero-order valence-corrected chi connectivity index (χ0v) is 13.2. The molecule has 114 valence electrons. The Labute approximate surface area is 127 Å². The average Bonchev–Trinajstić information content (AvgIpc) is 2.43. The lowest BCUT2D eigenvalue weighted by Gasteiger charge is -2.59. The number of allylic oxidation sites excluding steroid dienone is 2. The molecule has 0 aliphatic heterocycles. The summed E-state index contributed by atoms with van der Waals surface area (Å²) in [5.74, 6) is 0.0733. The molecule has 0 aromatic carbocycles. The van der Waals surface area contributed by atoms with Crippen LogP contribution in [-0.2, 0) is 4.79 Å². The first kappa shape index (κ1) is 14.8. The summed E-state index contributed by atoms with van der Waals surface area (Å²) in [5.41, 5.74) is 1.56. The Balaban J connectivity index is 2.18. The quantitative estimate of drug-likeness (QED) is 0.585. The molecule has 21 heavy (non-hydrogen) atoms. The lowest BCUT2D eigenvalue weighted by molar-refractivity contribution is -0.122. The van der Waals surface area contributed by atoms with E-state index in [9.17, 15) is 9.90 Å².